The van der Waals surface area contributed by atoms with E-state index in [4.69, 9.17) is 51.1 Å². The molecule has 0 saturated carbocycles. The largest absolute Gasteiger partial charge is 0.379 e. The van der Waals surface area contributed by atoms with E-state index in [-0.39, 0.29) is 57.5 Å². The number of hydrogen-bond donors (Lipinski definition) is 1. The average molecular weight is 484 g/mol. The number of nitrogens with one attached hydrogen (secondary N) is 1. The Morgan fingerprint density at radius 2 is 1.64 bits per heavy atom. The molecule has 1 amide bonds. The van der Waals surface area contributed by atoms with E-state index >= 15 is 0 Å². The van der Waals surface area contributed by atoms with E-state index in [9.17, 15) is 13.2 Å². The molecule has 0 aliphatic carbocycles. The van der Waals surface area contributed by atoms with Crippen LogP contribution in [0.2, 0.25) is 20.1 Å². The molecular weight excluding hydrogens is 470 g/mol. The van der Waals surface area contributed by atoms with Gasteiger partial charge >= 0.3 is 0 Å². The summed E-state index contributed by atoms with van der Waals surface area (Å²) in [6, 6.07) is 6.95. The van der Waals surface area contributed by atoms with Crippen molar-refractivity contribution in [1.29, 1.82) is 0 Å². The summed E-state index contributed by atoms with van der Waals surface area (Å²) in [5.74, 6) is -0.649. The van der Waals surface area contributed by atoms with Crippen molar-refractivity contribution in [3.05, 3.63) is 56.0 Å². The van der Waals surface area contributed by atoms with E-state index in [1.807, 2.05) is 0 Å². The number of carbonyl (C=O) groups excluding carboxylic acids is 1. The lowest BCUT2D eigenvalue weighted by molar-refractivity contribution is 0.0730. The molecule has 3 rings (SSSR count). The standard InChI is InChI=1S/C17H14Cl4N2O4S/c18-10-1-2-12(19)15(7-10)22-17(24)11-8-16(14(21)9-13(11)20)28(25,26)23-3-5-27-6-4-23/h1-2,7-9H,3-6H2,(H,22,24). The number of nitrogens with zero attached hydrogens (tertiary/aromatic N) is 1. The summed E-state index contributed by atoms with van der Waals surface area (Å²) in [6.07, 6.45) is 0. The number of halogens is 4. The summed E-state index contributed by atoms with van der Waals surface area (Å²) in [7, 11) is -3.92. The predicted octanol–water partition coefficient (Wildman–Crippen LogP) is 4.57. The van der Waals surface area contributed by atoms with Crippen LogP contribution < -0.4 is 5.32 Å². The first kappa shape index (κ1) is 21.6. The van der Waals surface area contributed by atoms with Crippen molar-refractivity contribution in [3.63, 3.8) is 0 Å². The van der Waals surface area contributed by atoms with E-state index < -0.39 is 15.9 Å². The van der Waals surface area contributed by atoms with Crippen LogP contribution in [0.15, 0.2) is 35.2 Å². The van der Waals surface area contributed by atoms with Crippen LogP contribution in [0.25, 0.3) is 0 Å². The molecule has 28 heavy (non-hydrogen) atoms. The molecule has 0 atom stereocenters. The predicted molar refractivity (Wildman–Crippen MR) is 110 cm³/mol. The van der Waals surface area contributed by atoms with Gasteiger partial charge < -0.3 is 10.1 Å². The minimum atomic E-state index is -3.92. The van der Waals surface area contributed by atoms with E-state index in [0.29, 0.717) is 5.02 Å². The fourth-order valence-corrected chi connectivity index (χ4v) is 5.19. The highest BCUT2D eigenvalue weighted by Crippen LogP contribution is 2.32. The fourth-order valence-electron chi connectivity index (χ4n) is 2.61. The number of anilines is 1. The number of amides is 1. The van der Waals surface area contributed by atoms with Crippen molar-refractivity contribution in [2.75, 3.05) is 31.6 Å². The lowest BCUT2D eigenvalue weighted by Crippen LogP contribution is -2.40. The molecule has 2 aromatic rings. The number of sulfonamides is 1. The second-order valence-electron chi connectivity index (χ2n) is 5.86. The van der Waals surface area contributed by atoms with Gasteiger partial charge in [0.2, 0.25) is 10.0 Å². The van der Waals surface area contributed by atoms with Gasteiger partial charge in [0.15, 0.2) is 0 Å². The first-order valence-corrected chi connectivity index (χ1v) is 11.0. The second-order valence-corrected chi connectivity index (χ2v) is 9.42. The molecule has 1 aliphatic heterocycles. The van der Waals surface area contributed by atoms with E-state index in [1.54, 1.807) is 6.07 Å². The fraction of sp³-hybridized carbons (Fsp3) is 0.235. The van der Waals surface area contributed by atoms with Crippen LogP contribution in [-0.4, -0.2) is 44.9 Å². The van der Waals surface area contributed by atoms with Crippen LogP contribution >= 0.6 is 46.4 Å². The monoisotopic (exact) mass is 482 g/mol. The van der Waals surface area contributed by atoms with Crippen molar-refractivity contribution in [3.8, 4) is 0 Å². The Balaban J connectivity index is 1.97. The average Bonchev–Trinajstić information content (AvgIpc) is 2.65. The van der Waals surface area contributed by atoms with Gasteiger partial charge in [-0.3, -0.25) is 4.79 Å². The molecule has 0 spiro atoms. The molecule has 1 N–H and O–H groups in total. The maximum atomic E-state index is 12.9. The summed E-state index contributed by atoms with van der Waals surface area (Å²) in [4.78, 5) is 12.5. The first-order chi connectivity index (χ1) is 13.2. The smallest absolute Gasteiger partial charge is 0.257 e. The summed E-state index contributed by atoms with van der Waals surface area (Å²) in [5.41, 5.74) is 0.205. The minimum Gasteiger partial charge on any atom is -0.379 e. The van der Waals surface area contributed by atoms with Gasteiger partial charge in [-0.05, 0) is 30.3 Å². The van der Waals surface area contributed by atoms with Gasteiger partial charge in [0.05, 0.1) is 39.5 Å². The van der Waals surface area contributed by atoms with Gasteiger partial charge in [-0.25, -0.2) is 8.42 Å². The van der Waals surface area contributed by atoms with Gasteiger partial charge in [0.25, 0.3) is 5.91 Å². The molecule has 1 aliphatic rings. The molecule has 2 aromatic carbocycles. The Morgan fingerprint density at radius 3 is 2.32 bits per heavy atom. The number of morpholine rings is 1. The quantitative estimate of drug-likeness (QED) is 0.690. The van der Waals surface area contributed by atoms with Crippen LogP contribution in [0.5, 0.6) is 0 Å². The third-order valence-electron chi connectivity index (χ3n) is 4.03. The van der Waals surface area contributed by atoms with Crippen molar-refractivity contribution >= 4 is 68.0 Å². The number of rotatable bonds is 4. The lowest BCUT2D eigenvalue weighted by Gasteiger charge is -2.26. The summed E-state index contributed by atoms with van der Waals surface area (Å²) in [6.45, 7) is 0.956. The van der Waals surface area contributed by atoms with Gasteiger partial charge in [0.1, 0.15) is 4.90 Å². The Bertz CT molecular complexity index is 1020. The molecule has 0 aromatic heterocycles. The molecule has 1 fully saturated rings. The normalized spacial score (nSPS) is 15.4. The number of benzene rings is 2. The molecule has 6 nitrogen and oxygen atoms in total. The third-order valence-corrected chi connectivity index (χ3v) is 7.27. The van der Waals surface area contributed by atoms with E-state index in [1.165, 1.54) is 22.5 Å². The number of hydrogen-bond acceptors (Lipinski definition) is 4. The highest BCUT2D eigenvalue weighted by Gasteiger charge is 2.30. The maximum absolute atomic E-state index is 12.9. The molecule has 0 bridgehead atoms. The SMILES string of the molecule is O=C(Nc1cc(Cl)ccc1Cl)c1cc(S(=O)(=O)N2CCOCC2)c(Cl)cc1Cl. The van der Waals surface area contributed by atoms with Crippen LogP contribution in [0.4, 0.5) is 5.69 Å². The highest BCUT2D eigenvalue weighted by molar-refractivity contribution is 7.89. The van der Waals surface area contributed by atoms with Gasteiger partial charge in [-0.15, -0.1) is 0 Å². The number of carbonyl (C=O) groups is 1. The van der Waals surface area contributed by atoms with Crippen molar-refractivity contribution < 1.29 is 17.9 Å². The Labute approximate surface area is 182 Å². The molecule has 1 heterocycles. The van der Waals surface area contributed by atoms with Crippen LogP contribution in [0.1, 0.15) is 10.4 Å². The zero-order chi connectivity index (χ0) is 20.5. The zero-order valence-corrected chi connectivity index (χ0v) is 18.1. The van der Waals surface area contributed by atoms with Crippen LogP contribution in [0, 0.1) is 0 Å². The highest BCUT2D eigenvalue weighted by atomic mass is 35.5. The van der Waals surface area contributed by atoms with Gasteiger partial charge in [0, 0.05) is 18.1 Å². The maximum Gasteiger partial charge on any atom is 0.257 e. The third kappa shape index (κ3) is 4.57. The molecule has 1 saturated heterocycles. The molecular formula is C17H14Cl4N2O4S. The van der Waals surface area contributed by atoms with Crippen molar-refractivity contribution in [1.82, 2.24) is 4.31 Å². The Morgan fingerprint density at radius 1 is 0.964 bits per heavy atom. The molecule has 0 radical (unpaired) electrons. The summed E-state index contributed by atoms with van der Waals surface area (Å²) < 4.78 is 32.3. The minimum absolute atomic E-state index is 0.00146. The van der Waals surface area contributed by atoms with Crippen molar-refractivity contribution in [2.45, 2.75) is 4.90 Å². The van der Waals surface area contributed by atoms with E-state index in [2.05, 4.69) is 5.32 Å². The Kier molecular flexibility index (Phi) is 6.76. The summed E-state index contributed by atoms with van der Waals surface area (Å²) >= 11 is 24.2. The second kappa shape index (κ2) is 8.75. The van der Waals surface area contributed by atoms with Gasteiger partial charge in [-0.2, -0.15) is 4.31 Å². The number of ether oxygens (including phenoxy) is 1. The van der Waals surface area contributed by atoms with Crippen LogP contribution in [-0.2, 0) is 14.8 Å². The Hall–Kier alpha value is -1.06. The van der Waals surface area contributed by atoms with Crippen molar-refractivity contribution in [2.24, 2.45) is 0 Å². The van der Waals surface area contributed by atoms with Gasteiger partial charge in [-0.1, -0.05) is 46.4 Å². The van der Waals surface area contributed by atoms with Crippen LogP contribution in [0.3, 0.4) is 0 Å². The molecule has 11 heteroatoms. The van der Waals surface area contributed by atoms with E-state index in [0.717, 1.165) is 6.07 Å². The molecule has 150 valence electrons. The summed E-state index contributed by atoms with van der Waals surface area (Å²) in [5, 5.41) is 3.14. The molecule has 0 unspecified atom stereocenters. The lowest BCUT2D eigenvalue weighted by atomic mass is 10.2. The first-order valence-electron chi connectivity index (χ1n) is 8.03. The zero-order valence-electron chi connectivity index (χ0n) is 14.2. The topological polar surface area (TPSA) is 75.7 Å².